The minimum atomic E-state index is -0.888. The molecule has 0 aliphatic carbocycles. The Kier molecular flexibility index (Phi) is 4.19. The molecular weight excluding hydrogens is 215 g/mol. The van der Waals surface area contributed by atoms with E-state index in [4.69, 9.17) is 0 Å². The zero-order valence-electron chi connectivity index (χ0n) is 8.81. The summed E-state index contributed by atoms with van der Waals surface area (Å²) in [5.74, 6) is -0.888. The van der Waals surface area contributed by atoms with Gasteiger partial charge in [-0.3, -0.25) is 10.1 Å². The summed E-state index contributed by atoms with van der Waals surface area (Å²) in [6.45, 7) is 1.94. The molecule has 0 radical (unpaired) electrons. The molecule has 0 bridgehead atoms. The van der Waals surface area contributed by atoms with Crippen molar-refractivity contribution in [3.63, 3.8) is 0 Å². The molecule has 0 amide bonds. The van der Waals surface area contributed by atoms with Crippen molar-refractivity contribution < 1.29 is 14.4 Å². The van der Waals surface area contributed by atoms with Gasteiger partial charge in [0, 0.05) is 6.54 Å². The van der Waals surface area contributed by atoms with Crippen LogP contribution in [-0.2, 0) is 0 Å². The Labute approximate surface area is 92.1 Å². The summed E-state index contributed by atoms with van der Waals surface area (Å²) in [6.07, 6.45) is -0.0845. The first-order valence-corrected chi connectivity index (χ1v) is 4.91. The van der Waals surface area contributed by atoms with E-state index >= 15 is 0 Å². The van der Waals surface area contributed by atoms with Crippen molar-refractivity contribution in [1.82, 2.24) is 0 Å². The second-order valence-electron chi connectivity index (χ2n) is 3.34. The van der Waals surface area contributed by atoms with Crippen LogP contribution in [0.3, 0.4) is 0 Å². The topological polar surface area (TPSA) is 75.4 Å². The summed E-state index contributed by atoms with van der Waals surface area (Å²) in [7, 11) is 0. The van der Waals surface area contributed by atoms with Crippen LogP contribution in [0.25, 0.3) is 0 Å². The van der Waals surface area contributed by atoms with E-state index in [2.05, 4.69) is 5.32 Å². The summed E-state index contributed by atoms with van der Waals surface area (Å²) in [5.41, 5.74) is -0.511. The number of aliphatic hydroxyl groups excluding tert-OH is 1. The van der Waals surface area contributed by atoms with Gasteiger partial charge in [0.2, 0.25) is 5.82 Å². The summed E-state index contributed by atoms with van der Waals surface area (Å²) < 4.78 is 13.2. The van der Waals surface area contributed by atoms with E-state index in [-0.39, 0.29) is 12.2 Å². The van der Waals surface area contributed by atoms with Crippen molar-refractivity contribution in [3.05, 3.63) is 34.1 Å². The molecule has 2 N–H and O–H groups in total. The Morgan fingerprint density at radius 2 is 2.31 bits per heavy atom. The van der Waals surface area contributed by atoms with Crippen molar-refractivity contribution in [2.45, 2.75) is 19.4 Å². The second kappa shape index (κ2) is 5.41. The fourth-order valence-corrected chi connectivity index (χ4v) is 1.22. The number of anilines is 1. The zero-order valence-corrected chi connectivity index (χ0v) is 8.81. The Bertz CT molecular complexity index is 384. The van der Waals surface area contributed by atoms with Crippen LogP contribution in [0.4, 0.5) is 15.8 Å². The van der Waals surface area contributed by atoms with Crippen molar-refractivity contribution >= 4 is 11.4 Å². The first-order valence-electron chi connectivity index (χ1n) is 4.91. The highest BCUT2D eigenvalue weighted by molar-refractivity contribution is 5.61. The molecule has 0 aromatic heterocycles. The molecule has 1 aromatic rings. The number of halogens is 1. The van der Waals surface area contributed by atoms with Gasteiger partial charge in [0.15, 0.2) is 0 Å². The first-order chi connectivity index (χ1) is 7.56. The molecule has 88 valence electrons. The molecule has 1 aromatic carbocycles. The average Bonchev–Trinajstić information content (AvgIpc) is 2.25. The van der Waals surface area contributed by atoms with E-state index in [1.165, 1.54) is 12.1 Å². The van der Waals surface area contributed by atoms with Crippen LogP contribution in [0.1, 0.15) is 13.3 Å². The predicted molar refractivity (Wildman–Crippen MR) is 57.8 cm³/mol. The third kappa shape index (κ3) is 2.90. The maximum atomic E-state index is 13.2. The molecule has 0 fully saturated rings. The SMILES string of the molecule is CCC(O)CNc1cccc(F)c1[N+](=O)[O-]. The Morgan fingerprint density at radius 1 is 1.62 bits per heavy atom. The maximum absolute atomic E-state index is 13.2. The predicted octanol–water partition coefficient (Wildman–Crippen LogP) is 1.92. The average molecular weight is 228 g/mol. The van der Waals surface area contributed by atoms with Crippen molar-refractivity contribution in [2.75, 3.05) is 11.9 Å². The summed E-state index contributed by atoms with van der Waals surface area (Å²) in [6, 6.07) is 3.81. The Hall–Kier alpha value is -1.69. The fraction of sp³-hybridized carbons (Fsp3) is 0.400. The van der Waals surface area contributed by atoms with Gasteiger partial charge in [0.05, 0.1) is 11.0 Å². The highest BCUT2D eigenvalue weighted by Crippen LogP contribution is 2.26. The highest BCUT2D eigenvalue weighted by Gasteiger charge is 2.19. The molecule has 0 aliphatic heterocycles. The van der Waals surface area contributed by atoms with Crippen molar-refractivity contribution in [2.24, 2.45) is 0 Å². The molecule has 1 atom stereocenters. The van der Waals surface area contributed by atoms with Crippen LogP contribution in [0.2, 0.25) is 0 Å². The number of hydrogen-bond donors (Lipinski definition) is 2. The van der Waals surface area contributed by atoms with Crippen molar-refractivity contribution in [3.8, 4) is 0 Å². The number of aliphatic hydroxyl groups is 1. The highest BCUT2D eigenvalue weighted by atomic mass is 19.1. The van der Waals surface area contributed by atoms with Gasteiger partial charge in [-0.1, -0.05) is 13.0 Å². The summed E-state index contributed by atoms with van der Waals surface area (Å²) in [5, 5.41) is 22.6. The van der Waals surface area contributed by atoms with Crippen LogP contribution in [0.5, 0.6) is 0 Å². The standard InChI is InChI=1S/C10H13FN2O3/c1-2-7(14)6-12-9-5-3-4-8(11)10(9)13(15)16/h3-5,7,12,14H,2,6H2,1H3. The Morgan fingerprint density at radius 3 is 2.88 bits per heavy atom. The lowest BCUT2D eigenvalue weighted by molar-refractivity contribution is -0.386. The van der Waals surface area contributed by atoms with E-state index < -0.39 is 22.5 Å². The molecule has 16 heavy (non-hydrogen) atoms. The molecule has 0 aliphatic rings. The number of para-hydroxylation sites is 1. The van der Waals surface area contributed by atoms with Crippen LogP contribution < -0.4 is 5.32 Å². The lowest BCUT2D eigenvalue weighted by atomic mass is 10.2. The monoisotopic (exact) mass is 228 g/mol. The van der Waals surface area contributed by atoms with Gasteiger partial charge in [-0.05, 0) is 18.6 Å². The largest absolute Gasteiger partial charge is 0.391 e. The van der Waals surface area contributed by atoms with Gasteiger partial charge in [0.25, 0.3) is 0 Å². The number of nitrogens with zero attached hydrogens (tertiary/aromatic N) is 1. The number of nitro benzene ring substituents is 1. The lowest BCUT2D eigenvalue weighted by Gasteiger charge is -2.10. The van der Waals surface area contributed by atoms with Gasteiger partial charge < -0.3 is 10.4 Å². The van der Waals surface area contributed by atoms with Crippen LogP contribution in [0, 0.1) is 15.9 Å². The molecule has 0 saturated heterocycles. The third-order valence-electron chi connectivity index (χ3n) is 2.17. The minimum Gasteiger partial charge on any atom is -0.391 e. The van der Waals surface area contributed by atoms with Gasteiger partial charge in [-0.25, -0.2) is 0 Å². The smallest absolute Gasteiger partial charge is 0.327 e. The third-order valence-corrected chi connectivity index (χ3v) is 2.17. The fourth-order valence-electron chi connectivity index (χ4n) is 1.22. The minimum absolute atomic E-state index is 0.0810. The number of nitrogens with one attached hydrogen (secondary N) is 1. The number of benzene rings is 1. The van der Waals surface area contributed by atoms with E-state index in [9.17, 15) is 19.6 Å². The molecule has 1 rings (SSSR count). The molecule has 6 heteroatoms. The Balaban J connectivity index is 2.87. The molecule has 5 nitrogen and oxygen atoms in total. The molecule has 0 heterocycles. The van der Waals surface area contributed by atoms with E-state index in [1.807, 2.05) is 0 Å². The van der Waals surface area contributed by atoms with E-state index in [1.54, 1.807) is 6.92 Å². The van der Waals surface area contributed by atoms with E-state index in [0.29, 0.717) is 6.42 Å². The number of hydrogen-bond acceptors (Lipinski definition) is 4. The van der Waals surface area contributed by atoms with Gasteiger partial charge in [-0.15, -0.1) is 0 Å². The quantitative estimate of drug-likeness (QED) is 0.596. The second-order valence-corrected chi connectivity index (χ2v) is 3.34. The maximum Gasteiger partial charge on any atom is 0.327 e. The first kappa shape index (κ1) is 12.4. The lowest BCUT2D eigenvalue weighted by Crippen LogP contribution is -2.18. The zero-order chi connectivity index (χ0) is 12.1. The van der Waals surface area contributed by atoms with Gasteiger partial charge in [-0.2, -0.15) is 4.39 Å². The van der Waals surface area contributed by atoms with E-state index in [0.717, 1.165) is 6.07 Å². The summed E-state index contributed by atoms with van der Waals surface area (Å²) >= 11 is 0. The van der Waals surface area contributed by atoms with Crippen LogP contribution >= 0.6 is 0 Å². The van der Waals surface area contributed by atoms with Crippen molar-refractivity contribution in [1.29, 1.82) is 0 Å². The molecule has 0 saturated carbocycles. The molecule has 0 spiro atoms. The van der Waals surface area contributed by atoms with Gasteiger partial charge in [0.1, 0.15) is 5.69 Å². The van der Waals surface area contributed by atoms with Gasteiger partial charge >= 0.3 is 5.69 Å². The number of nitro groups is 1. The number of rotatable bonds is 5. The van der Waals surface area contributed by atoms with Crippen LogP contribution in [0.15, 0.2) is 18.2 Å². The van der Waals surface area contributed by atoms with Crippen LogP contribution in [-0.4, -0.2) is 22.7 Å². The molecular formula is C10H13FN2O3. The summed E-state index contributed by atoms with van der Waals surface area (Å²) in [4.78, 5) is 9.84. The molecule has 1 unspecified atom stereocenters. The normalized spacial score (nSPS) is 12.2.